The van der Waals surface area contributed by atoms with Crippen molar-refractivity contribution < 1.29 is 4.39 Å². The molecule has 3 aliphatic rings. The molecule has 4 nitrogen and oxygen atoms in total. The molecule has 5 heteroatoms. The number of benzene rings is 1. The first-order valence-electron chi connectivity index (χ1n) is 10.5. The van der Waals surface area contributed by atoms with Crippen molar-refractivity contribution in [2.45, 2.75) is 38.5 Å². The Bertz CT molecular complexity index is 784. The van der Waals surface area contributed by atoms with Gasteiger partial charge in [-0.1, -0.05) is 18.9 Å². The van der Waals surface area contributed by atoms with Gasteiger partial charge in [-0.2, -0.15) is 5.10 Å². The number of aromatic nitrogens is 2. The van der Waals surface area contributed by atoms with Gasteiger partial charge in [0.15, 0.2) is 0 Å². The predicted molar refractivity (Wildman–Crippen MR) is 106 cm³/mol. The Kier molecular flexibility index (Phi) is 4.43. The Morgan fingerprint density at radius 2 is 1.96 bits per heavy atom. The normalized spacial score (nSPS) is 26.6. The van der Waals surface area contributed by atoms with Crippen LogP contribution in [-0.4, -0.2) is 47.8 Å². The van der Waals surface area contributed by atoms with Crippen LogP contribution in [0.25, 0.3) is 11.1 Å². The van der Waals surface area contributed by atoms with Crippen LogP contribution in [0.5, 0.6) is 0 Å². The molecule has 3 fully saturated rings. The standard InChI is InChI=1S/C22H29FN4/c23-20-11-18(19-12-24-25-13-19)5-6-21(20)27-10-8-22(16-27)7-9-26(15-22)14-17-3-1-2-4-17/h5-6,11-13,17H,1-4,7-10,14-16H2,(H,24,25). The molecule has 144 valence electrons. The van der Waals surface area contributed by atoms with Gasteiger partial charge in [0.2, 0.25) is 0 Å². The number of hydrogen-bond donors (Lipinski definition) is 1. The number of halogens is 1. The van der Waals surface area contributed by atoms with E-state index in [0.29, 0.717) is 5.41 Å². The molecule has 1 atom stereocenters. The lowest BCUT2D eigenvalue weighted by molar-refractivity contribution is 0.242. The van der Waals surface area contributed by atoms with Gasteiger partial charge in [-0.3, -0.25) is 5.10 Å². The molecular formula is C22H29FN4. The Hall–Kier alpha value is -1.88. The van der Waals surface area contributed by atoms with E-state index in [1.54, 1.807) is 18.5 Å². The van der Waals surface area contributed by atoms with Crippen molar-refractivity contribution in [1.29, 1.82) is 0 Å². The zero-order valence-corrected chi connectivity index (χ0v) is 16.0. The average Bonchev–Trinajstić information content (AvgIpc) is 3.45. The van der Waals surface area contributed by atoms with Gasteiger partial charge in [-0.25, -0.2) is 4.39 Å². The van der Waals surface area contributed by atoms with Crippen molar-refractivity contribution in [2.75, 3.05) is 37.6 Å². The quantitative estimate of drug-likeness (QED) is 0.873. The second-order valence-electron chi connectivity index (χ2n) is 8.96. The maximum atomic E-state index is 14.8. The van der Waals surface area contributed by atoms with E-state index < -0.39 is 0 Å². The van der Waals surface area contributed by atoms with E-state index in [1.165, 1.54) is 58.2 Å². The van der Waals surface area contributed by atoms with Gasteiger partial charge in [-0.15, -0.1) is 0 Å². The van der Waals surface area contributed by atoms with Crippen LogP contribution < -0.4 is 4.90 Å². The molecule has 1 spiro atoms. The van der Waals surface area contributed by atoms with E-state index in [-0.39, 0.29) is 5.82 Å². The topological polar surface area (TPSA) is 35.2 Å². The highest BCUT2D eigenvalue weighted by atomic mass is 19.1. The molecule has 1 aliphatic carbocycles. The van der Waals surface area contributed by atoms with E-state index in [2.05, 4.69) is 20.0 Å². The third-order valence-electron chi connectivity index (χ3n) is 7.07. The zero-order chi connectivity index (χ0) is 18.3. The van der Waals surface area contributed by atoms with E-state index in [0.717, 1.165) is 35.8 Å². The fourth-order valence-corrected chi connectivity index (χ4v) is 5.57. The first-order chi connectivity index (χ1) is 13.2. The van der Waals surface area contributed by atoms with Gasteiger partial charge < -0.3 is 9.80 Å². The number of hydrogen-bond acceptors (Lipinski definition) is 3. The molecule has 27 heavy (non-hydrogen) atoms. The summed E-state index contributed by atoms with van der Waals surface area (Å²) in [7, 11) is 0. The smallest absolute Gasteiger partial charge is 0.147 e. The molecule has 5 rings (SSSR count). The Labute approximate surface area is 160 Å². The van der Waals surface area contributed by atoms with Gasteiger partial charge in [-0.05, 0) is 55.8 Å². The third-order valence-corrected chi connectivity index (χ3v) is 7.07. The van der Waals surface area contributed by atoms with Crippen LogP contribution in [0.3, 0.4) is 0 Å². The number of rotatable bonds is 4. The number of likely N-dealkylation sites (tertiary alicyclic amines) is 1. The summed E-state index contributed by atoms with van der Waals surface area (Å²) >= 11 is 0. The second-order valence-corrected chi connectivity index (χ2v) is 8.96. The monoisotopic (exact) mass is 368 g/mol. The summed E-state index contributed by atoms with van der Waals surface area (Å²) < 4.78 is 14.8. The SMILES string of the molecule is Fc1cc(-c2cn[nH]c2)ccc1N1CCC2(CCN(CC3CCCC3)C2)C1. The van der Waals surface area contributed by atoms with Crippen LogP contribution >= 0.6 is 0 Å². The number of H-pyrrole nitrogens is 1. The highest BCUT2D eigenvalue weighted by Gasteiger charge is 2.44. The van der Waals surface area contributed by atoms with Crippen LogP contribution in [-0.2, 0) is 0 Å². The fraction of sp³-hybridized carbons (Fsp3) is 0.591. The first kappa shape index (κ1) is 17.2. The van der Waals surface area contributed by atoms with Crippen molar-refractivity contribution in [1.82, 2.24) is 15.1 Å². The van der Waals surface area contributed by atoms with Crippen molar-refractivity contribution in [3.05, 3.63) is 36.4 Å². The lowest BCUT2D eigenvalue weighted by Gasteiger charge is -2.27. The van der Waals surface area contributed by atoms with Gasteiger partial charge in [0.25, 0.3) is 0 Å². The average molecular weight is 369 g/mol. The summed E-state index contributed by atoms with van der Waals surface area (Å²) in [6.45, 7) is 5.69. The minimum absolute atomic E-state index is 0.119. The van der Waals surface area contributed by atoms with E-state index in [4.69, 9.17) is 0 Å². The van der Waals surface area contributed by atoms with Crippen molar-refractivity contribution in [3.63, 3.8) is 0 Å². The third kappa shape index (κ3) is 3.38. The molecule has 0 radical (unpaired) electrons. The molecule has 1 aromatic carbocycles. The van der Waals surface area contributed by atoms with Crippen molar-refractivity contribution in [2.24, 2.45) is 11.3 Å². The maximum Gasteiger partial charge on any atom is 0.147 e. The molecule has 2 saturated heterocycles. The molecule has 1 saturated carbocycles. The molecule has 3 heterocycles. The molecule has 1 unspecified atom stereocenters. The summed E-state index contributed by atoms with van der Waals surface area (Å²) in [5.74, 6) is 0.803. The number of nitrogens with zero attached hydrogens (tertiary/aromatic N) is 3. The fourth-order valence-electron chi connectivity index (χ4n) is 5.57. The van der Waals surface area contributed by atoms with Crippen molar-refractivity contribution >= 4 is 5.69 Å². The van der Waals surface area contributed by atoms with Crippen LogP contribution in [0.4, 0.5) is 10.1 Å². The van der Waals surface area contributed by atoms with Crippen molar-refractivity contribution in [3.8, 4) is 11.1 Å². The highest BCUT2D eigenvalue weighted by molar-refractivity contribution is 5.65. The second kappa shape index (κ2) is 6.93. The Morgan fingerprint density at radius 1 is 1.11 bits per heavy atom. The summed E-state index contributed by atoms with van der Waals surface area (Å²) in [6, 6.07) is 5.60. The van der Waals surface area contributed by atoms with Crippen LogP contribution in [0, 0.1) is 17.2 Å². The summed E-state index contributed by atoms with van der Waals surface area (Å²) in [6.07, 6.45) is 11.7. The predicted octanol–water partition coefficient (Wildman–Crippen LogP) is 4.31. The summed E-state index contributed by atoms with van der Waals surface area (Å²) in [5, 5.41) is 6.75. The van der Waals surface area contributed by atoms with Gasteiger partial charge >= 0.3 is 0 Å². The first-order valence-corrected chi connectivity index (χ1v) is 10.5. The van der Waals surface area contributed by atoms with Crippen LogP contribution in [0.2, 0.25) is 0 Å². The minimum Gasteiger partial charge on any atom is -0.369 e. The molecule has 1 aromatic heterocycles. The minimum atomic E-state index is -0.119. The van der Waals surface area contributed by atoms with E-state index >= 15 is 0 Å². The molecule has 2 aliphatic heterocycles. The van der Waals surface area contributed by atoms with Crippen LogP contribution in [0.1, 0.15) is 38.5 Å². The molecule has 1 N–H and O–H groups in total. The lowest BCUT2D eigenvalue weighted by Crippen LogP contribution is -2.33. The summed E-state index contributed by atoms with van der Waals surface area (Å²) in [5.41, 5.74) is 2.93. The van der Waals surface area contributed by atoms with Gasteiger partial charge in [0.1, 0.15) is 5.82 Å². The number of nitrogens with one attached hydrogen (secondary N) is 1. The van der Waals surface area contributed by atoms with E-state index in [9.17, 15) is 4.39 Å². The maximum absolute atomic E-state index is 14.8. The highest BCUT2D eigenvalue weighted by Crippen LogP contribution is 2.42. The lowest BCUT2D eigenvalue weighted by atomic mass is 9.86. The molecule has 2 aromatic rings. The zero-order valence-electron chi connectivity index (χ0n) is 16.0. The van der Waals surface area contributed by atoms with Gasteiger partial charge in [0, 0.05) is 43.4 Å². The molecule has 0 amide bonds. The Balaban J connectivity index is 1.25. The molecular weight excluding hydrogens is 339 g/mol. The Morgan fingerprint density at radius 3 is 2.74 bits per heavy atom. The number of anilines is 1. The van der Waals surface area contributed by atoms with Gasteiger partial charge in [0.05, 0.1) is 11.9 Å². The summed E-state index contributed by atoms with van der Waals surface area (Å²) in [4.78, 5) is 4.96. The van der Waals surface area contributed by atoms with E-state index in [1.807, 2.05) is 12.1 Å². The number of aromatic amines is 1. The largest absolute Gasteiger partial charge is 0.369 e. The molecule has 0 bridgehead atoms. The van der Waals surface area contributed by atoms with Crippen LogP contribution in [0.15, 0.2) is 30.6 Å².